The molecule has 4 heteroatoms. The summed E-state index contributed by atoms with van der Waals surface area (Å²) in [6, 6.07) is 4.47. The van der Waals surface area contributed by atoms with E-state index in [0.29, 0.717) is 5.25 Å². The van der Waals surface area contributed by atoms with Crippen LogP contribution in [0.15, 0.2) is 17.5 Å². The molecule has 0 amide bonds. The normalized spacial score (nSPS) is 33.9. The van der Waals surface area contributed by atoms with Gasteiger partial charge < -0.3 is 5.73 Å². The molecule has 0 spiro atoms. The van der Waals surface area contributed by atoms with Crippen LogP contribution in [0.5, 0.6) is 0 Å². The van der Waals surface area contributed by atoms with Crippen molar-refractivity contribution in [2.75, 3.05) is 5.75 Å². The third kappa shape index (κ3) is 2.73. The van der Waals surface area contributed by atoms with Crippen LogP contribution in [-0.2, 0) is 0 Å². The maximum atomic E-state index is 6.30. The van der Waals surface area contributed by atoms with E-state index in [-0.39, 0.29) is 6.04 Å². The molecule has 0 bridgehead atoms. The molecule has 1 aromatic rings. The lowest BCUT2D eigenvalue weighted by atomic mass is 10.2. The van der Waals surface area contributed by atoms with Gasteiger partial charge in [0.1, 0.15) is 0 Å². The molecule has 1 aliphatic heterocycles. The van der Waals surface area contributed by atoms with Crippen molar-refractivity contribution in [3.8, 4) is 0 Å². The van der Waals surface area contributed by atoms with Crippen LogP contribution in [0, 0.1) is 0 Å². The first-order valence-electron chi connectivity index (χ1n) is 5.24. The predicted octanol–water partition coefficient (Wildman–Crippen LogP) is 3.37. The van der Waals surface area contributed by atoms with Gasteiger partial charge in [-0.2, -0.15) is 23.5 Å². The summed E-state index contributed by atoms with van der Waals surface area (Å²) >= 11 is 5.90. The molecule has 2 heterocycles. The second-order valence-electron chi connectivity index (χ2n) is 3.96. The first-order valence-corrected chi connectivity index (χ1v) is 8.11. The van der Waals surface area contributed by atoms with Crippen LogP contribution in [0.2, 0.25) is 0 Å². The number of hydrogen-bond donors (Lipinski definition) is 1. The van der Waals surface area contributed by atoms with E-state index in [1.54, 1.807) is 11.3 Å². The molecule has 2 N–H and O–H groups in total. The van der Waals surface area contributed by atoms with Gasteiger partial charge in [0.25, 0.3) is 0 Å². The Bertz CT molecular complexity index is 299. The molecule has 1 nitrogen and oxygen atoms in total. The van der Waals surface area contributed by atoms with Gasteiger partial charge in [0.05, 0.1) is 6.04 Å². The first kappa shape index (κ1) is 11.8. The molecule has 0 radical (unpaired) electrons. The standard InChI is InChI=1S/C11H17NS3/c1-7-8(2)15-10(6-14-7)11(12)9-4-3-5-13-9/h3-5,7-8,10-11H,6,12H2,1-2H3. The van der Waals surface area contributed by atoms with E-state index in [9.17, 15) is 0 Å². The molecular weight excluding hydrogens is 242 g/mol. The molecule has 4 atom stereocenters. The molecule has 1 aliphatic rings. The van der Waals surface area contributed by atoms with Gasteiger partial charge in [-0.1, -0.05) is 19.9 Å². The number of nitrogens with two attached hydrogens (primary N) is 1. The van der Waals surface area contributed by atoms with Crippen LogP contribution < -0.4 is 5.73 Å². The van der Waals surface area contributed by atoms with Crippen LogP contribution in [-0.4, -0.2) is 21.5 Å². The van der Waals surface area contributed by atoms with Gasteiger partial charge in [-0.25, -0.2) is 0 Å². The van der Waals surface area contributed by atoms with E-state index in [4.69, 9.17) is 5.73 Å². The fraction of sp³-hybridized carbons (Fsp3) is 0.636. The Morgan fingerprint density at radius 3 is 2.80 bits per heavy atom. The van der Waals surface area contributed by atoms with Crippen molar-refractivity contribution in [2.24, 2.45) is 5.73 Å². The molecule has 1 saturated heterocycles. The van der Waals surface area contributed by atoms with E-state index >= 15 is 0 Å². The number of rotatable bonds is 2. The van der Waals surface area contributed by atoms with Gasteiger partial charge in [0.15, 0.2) is 0 Å². The Balaban J connectivity index is 2.00. The summed E-state index contributed by atoms with van der Waals surface area (Å²) in [5, 5.41) is 4.18. The molecule has 84 valence electrons. The fourth-order valence-corrected chi connectivity index (χ4v) is 5.58. The average molecular weight is 259 g/mol. The molecule has 15 heavy (non-hydrogen) atoms. The lowest BCUT2D eigenvalue weighted by Gasteiger charge is -2.34. The molecule has 1 aromatic heterocycles. The van der Waals surface area contributed by atoms with Crippen molar-refractivity contribution < 1.29 is 0 Å². The average Bonchev–Trinajstić information content (AvgIpc) is 2.74. The van der Waals surface area contributed by atoms with Gasteiger partial charge in [-0.15, -0.1) is 11.3 Å². The minimum atomic E-state index is 0.220. The molecule has 4 unspecified atom stereocenters. The van der Waals surface area contributed by atoms with Crippen LogP contribution in [0.4, 0.5) is 0 Å². The van der Waals surface area contributed by atoms with E-state index in [1.165, 1.54) is 10.6 Å². The van der Waals surface area contributed by atoms with Crippen molar-refractivity contribution in [1.82, 2.24) is 0 Å². The summed E-state index contributed by atoms with van der Waals surface area (Å²) in [6.45, 7) is 4.63. The predicted molar refractivity (Wildman–Crippen MR) is 74.0 cm³/mol. The monoisotopic (exact) mass is 259 g/mol. The smallest absolute Gasteiger partial charge is 0.0518 e. The molecule has 0 aliphatic carbocycles. The minimum Gasteiger partial charge on any atom is -0.322 e. The molecule has 2 rings (SSSR count). The van der Waals surface area contributed by atoms with Crippen molar-refractivity contribution in [3.05, 3.63) is 22.4 Å². The summed E-state index contributed by atoms with van der Waals surface area (Å²) in [6.07, 6.45) is 0. The summed E-state index contributed by atoms with van der Waals surface area (Å²) in [7, 11) is 0. The summed E-state index contributed by atoms with van der Waals surface area (Å²) in [4.78, 5) is 1.33. The van der Waals surface area contributed by atoms with Crippen molar-refractivity contribution in [2.45, 2.75) is 35.6 Å². The van der Waals surface area contributed by atoms with Crippen LogP contribution in [0.1, 0.15) is 24.8 Å². The van der Waals surface area contributed by atoms with E-state index < -0.39 is 0 Å². The van der Waals surface area contributed by atoms with Crippen molar-refractivity contribution >= 4 is 34.9 Å². The highest BCUT2D eigenvalue weighted by atomic mass is 32.2. The zero-order valence-corrected chi connectivity index (χ0v) is 11.5. The first-order chi connectivity index (χ1) is 7.18. The van der Waals surface area contributed by atoms with Gasteiger partial charge in [0.2, 0.25) is 0 Å². The summed E-state index contributed by atoms with van der Waals surface area (Å²) in [5.41, 5.74) is 6.30. The minimum absolute atomic E-state index is 0.220. The molecule has 0 aromatic carbocycles. The van der Waals surface area contributed by atoms with E-state index in [0.717, 1.165) is 10.5 Å². The maximum Gasteiger partial charge on any atom is 0.0518 e. The van der Waals surface area contributed by atoms with Gasteiger partial charge in [-0.3, -0.25) is 0 Å². The van der Waals surface area contributed by atoms with Crippen LogP contribution >= 0.6 is 34.9 Å². The van der Waals surface area contributed by atoms with Crippen LogP contribution in [0.25, 0.3) is 0 Å². The molecule has 0 saturated carbocycles. The Labute approximate surface area is 104 Å². The van der Waals surface area contributed by atoms with Crippen LogP contribution in [0.3, 0.4) is 0 Å². The van der Waals surface area contributed by atoms with Crippen molar-refractivity contribution in [1.29, 1.82) is 0 Å². The zero-order valence-electron chi connectivity index (χ0n) is 9.05. The highest BCUT2D eigenvalue weighted by Gasteiger charge is 2.30. The quantitative estimate of drug-likeness (QED) is 0.882. The Morgan fingerprint density at radius 1 is 1.40 bits per heavy atom. The van der Waals surface area contributed by atoms with Gasteiger partial charge >= 0.3 is 0 Å². The molecule has 1 fully saturated rings. The third-order valence-electron chi connectivity index (χ3n) is 2.85. The Morgan fingerprint density at radius 2 is 2.20 bits per heavy atom. The highest BCUT2D eigenvalue weighted by molar-refractivity contribution is 8.07. The summed E-state index contributed by atoms with van der Waals surface area (Å²) < 4.78 is 0. The largest absolute Gasteiger partial charge is 0.322 e. The zero-order chi connectivity index (χ0) is 10.8. The van der Waals surface area contributed by atoms with Gasteiger partial charge in [0, 0.05) is 26.4 Å². The Hall–Kier alpha value is 0.360. The van der Waals surface area contributed by atoms with E-state index in [2.05, 4.69) is 54.9 Å². The summed E-state index contributed by atoms with van der Waals surface area (Å²) in [5.74, 6) is 1.19. The second kappa shape index (κ2) is 5.13. The molecular formula is C11H17NS3. The van der Waals surface area contributed by atoms with E-state index in [1.807, 2.05) is 0 Å². The lowest BCUT2D eigenvalue weighted by Crippen LogP contribution is -2.33. The maximum absolute atomic E-state index is 6.30. The third-order valence-corrected chi connectivity index (χ3v) is 7.34. The number of hydrogen-bond acceptors (Lipinski definition) is 4. The number of thiophene rings is 1. The Kier molecular flexibility index (Phi) is 4.04. The lowest BCUT2D eigenvalue weighted by molar-refractivity contribution is 0.720. The topological polar surface area (TPSA) is 26.0 Å². The SMILES string of the molecule is CC1SCC(C(N)c2cccs2)SC1C. The fourth-order valence-electron chi connectivity index (χ4n) is 1.66. The van der Waals surface area contributed by atoms with Crippen molar-refractivity contribution in [3.63, 3.8) is 0 Å². The number of thioether (sulfide) groups is 2. The second-order valence-corrected chi connectivity index (χ2v) is 7.97. The van der Waals surface area contributed by atoms with Gasteiger partial charge in [-0.05, 0) is 11.4 Å². The highest BCUT2D eigenvalue weighted by Crippen LogP contribution is 2.40.